The third-order valence-electron chi connectivity index (χ3n) is 5.01. The lowest BCUT2D eigenvalue weighted by atomic mass is 9.90. The van der Waals surface area contributed by atoms with E-state index in [0.29, 0.717) is 12.6 Å². The van der Waals surface area contributed by atoms with E-state index in [0.717, 1.165) is 42.9 Å². The van der Waals surface area contributed by atoms with Gasteiger partial charge in [-0.15, -0.1) is 11.3 Å². The number of nitrogens with zero attached hydrogens (tertiary/aromatic N) is 4. The van der Waals surface area contributed by atoms with Crippen molar-refractivity contribution in [2.75, 3.05) is 13.2 Å². The zero-order valence-corrected chi connectivity index (χ0v) is 14.5. The molecule has 1 aliphatic carbocycles. The van der Waals surface area contributed by atoms with E-state index in [-0.39, 0.29) is 0 Å². The number of hydrogen-bond acceptors (Lipinski definition) is 5. The van der Waals surface area contributed by atoms with Crippen LogP contribution >= 0.6 is 11.3 Å². The van der Waals surface area contributed by atoms with Crippen LogP contribution in [0.4, 0.5) is 0 Å². The third-order valence-corrected chi connectivity index (χ3v) is 5.83. The van der Waals surface area contributed by atoms with Crippen LogP contribution in [-0.4, -0.2) is 38.9 Å². The highest BCUT2D eigenvalue weighted by Crippen LogP contribution is 2.31. The van der Waals surface area contributed by atoms with Crippen LogP contribution in [0.25, 0.3) is 0 Å². The van der Waals surface area contributed by atoms with Crippen LogP contribution in [0, 0.1) is 6.92 Å². The predicted molar refractivity (Wildman–Crippen MR) is 90.4 cm³/mol. The first kappa shape index (κ1) is 15.3. The van der Waals surface area contributed by atoms with Gasteiger partial charge in [0, 0.05) is 37.3 Å². The molecule has 1 fully saturated rings. The molecular formula is C17H24N4OS. The van der Waals surface area contributed by atoms with Crippen molar-refractivity contribution in [3.05, 3.63) is 34.0 Å². The molecular weight excluding hydrogens is 308 g/mol. The van der Waals surface area contributed by atoms with Gasteiger partial charge in [-0.05, 0) is 32.3 Å². The second kappa shape index (κ2) is 6.71. The summed E-state index contributed by atoms with van der Waals surface area (Å²) < 4.78 is 8.06. The summed E-state index contributed by atoms with van der Waals surface area (Å²) in [5, 5.41) is 7.73. The van der Waals surface area contributed by atoms with Gasteiger partial charge in [0.15, 0.2) is 0 Å². The van der Waals surface area contributed by atoms with Crippen LogP contribution in [0.2, 0.25) is 0 Å². The maximum atomic E-state index is 5.85. The molecule has 0 N–H and O–H groups in total. The number of fused-ring (bicyclic) bond motifs is 1. The minimum Gasteiger partial charge on any atom is -0.375 e. The van der Waals surface area contributed by atoms with Crippen LogP contribution in [0.5, 0.6) is 0 Å². The van der Waals surface area contributed by atoms with E-state index in [4.69, 9.17) is 4.74 Å². The van der Waals surface area contributed by atoms with Crippen LogP contribution < -0.4 is 0 Å². The maximum Gasteiger partial charge on any atom is 0.0898 e. The average molecular weight is 332 g/mol. The fourth-order valence-electron chi connectivity index (χ4n) is 3.53. The van der Waals surface area contributed by atoms with Crippen molar-refractivity contribution in [2.24, 2.45) is 0 Å². The third kappa shape index (κ3) is 3.34. The van der Waals surface area contributed by atoms with Crippen molar-refractivity contribution in [1.29, 1.82) is 0 Å². The molecule has 1 saturated carbocycles. The number of aromatic nitrogens is 3. The summed E-state index contributed by atoms with van der Waals surface area (Å²) in [4.78, 5) is 7.09. The van der Waals surface area contributed by atoms with E-state index in [9.17, 15) is 0 Å². The Morgan fingerprint density at radius 3 is 3.04 bits per heavy atom. The number of hydrogen-bond donors (Lipinski definition) is 0. The summed E-state index contributed by atoms with van der Waals surface area (Å²) in [6, 6.07) is 3.39. The first-order valence-electron chi connectivity index (χ1n) is 8.55. The van der Waals surface area contributed by atoms with Gasteiger partial charge >= 0.3 is 0 Å². The Bertz CT molecular complexity index is 649. The summed E-state index contributed by atoms with van der Waals surface area (Å²) in [5.74, 6) is 0. The largest absolute Gasteiger partial charge is 0.375 e. The Labute approximate surface area is 141 Å². The highest BCUT2D eigenvalue weighted by Gasteiger charge is 2.32. The molecule has 3 heterocycles. The molecule has 124 valence electrons. The predicted octanol–water partition coefficient (Wildman–Crippen LogP) is 3.16. The standard InChI is InChI=1S/C17H24N4OS/c1-13-19-14(12-23-13)11-22-8-6-17-10-20(15-3-2-4-15)9-16-5-7-18-21(16)17/h5,7,12,15,17H,2-4,6,8-11H2,1H3/t17-/m1/s1. The Balaban J connectivity index is 1.32. The van der Waals surface area contributed by atoms with Gasteiger partial charge in [0.05, 0.1) is 29.0 Å². The lowest BCUT2D eigenvalue weighted by molar-refractivity contribution is 0.0532. The monoisotopic (exact) mass is 332 g/mol. The van der Waals surface area contributed by atoms with Gasteiger partial charge in [-0.25, -0.2) is 4.98 Å². The molecule has 0 amide bonds. The normalized spacial score (nSPS) is 22.0. The summed E-state index contributed by atoms with van der Waals surface area (Å²) in [7, 11) is 0. The second-order valence-corrected chi connectivity index (χ2v) is 7.70. The molecule has 2 aromatic heterocycles. The fourth-order valence-corrected chi connectivity index (χ4v) is 4.13. The van der Waals surface area contributed by atoms with Crippen LogP contribution in [0.15, 0.2) is 17.6 Å². The highest BCUT2D eigenvalue weighted by atomic mass is 32.1. The molecule has 0 spiro atoms. The number of thiazole rings is 1. The minimum absolute atomic E-state index is 0.437. The summed E-state index contributed by atoms with van der Waals surface area (Å²) in [5.41, 5.74) is 2.40. The molecule has 23 heavy (non-hydrogen) atoms. The average Bonchev–Trinajstić information content (AvgIpc) is 3.10. The van der Waals surface area contributed by atoms with Crippen molar-refractivity contribution in [2.45, 2.75) is 57.8 Å². The van der Waals surface area contributed by atoms with E-state index < -0.39 is 0 Å². The number of aryl methyl sites for hydroxylation is 1. The quantitative estimate of drug-likeness (QED) is 0.762. The van der Waals surface area contributed by atoms with Gasteiger partial charge in [-0.3, -0.25) is 9.58 Å². The van der Waals surface area contributed by atoms with Crippen molar-refractivity contribution in [1.82, 2.24) is 19.7 Å². The van der Waals surface area contributed by atoms with E-state index in [1.165, 1.54) is 25.0 Å². The molecule has 0 saturated heterocycles. The van der Waals surface area contributed by atoms with Gasteiger partial charge in [0.25, 0.3) is 0 Å². The van der Waals surface area contributed by atoms with Crippen molar-refractivity contribution in [3.8, 4) is 0 Å². The zero-order chi connectivity index (χ0) is 15.6. The molecule has 0 unspecified atom stereocenters. The van der Waals surface area contributed by atoms with E-state index >= 15 is 0 Å². The second-order valence-electron chi connectivity index (χ2n) is 6.63. The SMILES string of the molecule is Cc1nc(COCC[C@@H]2CN(C3CCC3)Cc3ccnn32)cs1. The molecule has 5 nitrogen and oxygen atoms in total. The Kier molecular flexibility index (Phi) is 4.46. The molecule has 4 rings (SSSR count). The number of rotatable bonds is 6. The van der Waals surface area contributed by atoms with Crippen LogP contribution in [0.1, 0.15) is 48.1 Å². The molecule has 2 aromatic rings. The Hall–Kier alpha value is -1.24. The lowest BCUT2D eigenvalue weighted by Crippen LogP contribution is -2.46. The Morgan fingerprint density at radius 2 is 2.30 bits per heavy atom. The van der Waals surface area contributed by atoms with Crippen molar-refractivity contribution < 1.29 is 4.74 Å². The topological polar surface area (TPSA) is 43.2 Å². The van der Waals surface area contributed by atoms with Crippen molar-refractivity contribution >= 4 is 11.3 Å². The van der Waals surface area contributed by atoms with E-state index in [1.54, 1.807) is 11.3 Å². The Morgan fingerprint density at radius 1 is 1.39 bits per heavy atom. The van der Waals surface area contributed by atoms with Crippen molar-refractivity contribution in [3.63, 3.8) is 0 Å². The van der Waals surface area contributed by atoms with Gasteiger partial charge in [-0.2, -0.15) is 5.10 Å². The smallest absolute Gasteiger partial charge is 0.0898 e. The molecule has 6 heteroatoms. The molecule has 0 radical (unpaired) electrons. The lowest BCUT2D eigenvalue weighted by Gasteiger charge is -2.42. The molecule has 1 aliphatic heterocycles. The summed E-state index contributed by atoms with van der Waals surface area (Å²) in [6.45, 7) is 5.58. The molecule has 0 aromatic carbocycles. The zero-order valence-electron chi connectivity index (χ0n) is 13.6. The minimum atomic E-state index is 0.437. The van der Waals surface area contributed by atoms with Gasteiger partial charge in [0.2, 0.25) is 0 Å². The van der Waals surface area contributed by atoms with Gasteiger partial charge < -0.3 is 4.74 Å². The number of ether oxygens (including phenoxy) is 1. The first-order valence-corrected chi connectivity index (χ1v) is 9.43. The van der Waals surface area contributed by atoms with E-state index in [1.807, 2.05) is 13.1 Å². The molecule has 2 aliphatic rings. The maximum absolute atomic E-state index is 5.85. The molecule has 1 atom stereocenters. The highest BCUT2D eigenvalue weighted by molar-refractivity contribution is 7.09. The van der Waals surface area contributed by atoms with E-state index in [2.05, 4.69) is 31.1 Å². The van der Waals surface area contributed by atoms with Gasteiger partial charge in [0.1, 0.15) is 0 Å². The summed E-state index contributed by atoms with van der Waals surface area (Å²) >= 11 is 1.68. The summed E-state index contributed by atoms with van der Waals surface area (Å²) in [6.07, 6.45) is 7.06. The molecule has 0 bridgehead atoms. The van der Waals surface area contributed by atoms with Crippen LogP contribution in [-0.2, 0) is 17.9 Å². The van der Waals surface area contributed by atoms with Gasteiger partial charge in [-0.1, -0.05) is 6.42 Å². The fraction of sp³-hybridized carbons (Fsp3) is 0.647. The van der Waals surface area contributed by atoms with Crippen LogP contribution in [0.3, 0.4) is 0 Å². The first-order chi connectivity index (χ1) is 11.3.